The summed E-state index contributed by atoms with van der Waals surface area (Å²) in [6.07, 6.45) is 1.86. The SMILES string of the molecule is [C-]#[N+]c1cc(C#N)c(-c2cc(-c3cccc(Oc4ccc5c6ccccc6n(-c6cc(C(C)(C)C)ccn6)c5c4)n3)[nH]n2)c([N+]#[C-])c1. The Hall–Kier alpha value is -6.76. The number of hydrogen-bond donors (Lipinski definition) is 1. The van der Waals surface area contributed by atoms with Crippen LogP contribution in [0.1, 0.15) is 31.9 Å². The van der Waals surface area contributed by atoms with Gasteiger partial charge in [-0.25, -0.2) is 19.7 Å². The highest BCUT2D eigenvalue weighted by atomic mass is 16.5. The number of aromatic amines is 1. The van der Waals surface area contributed by atoms with Crippen LogP contribution in [0, 0.1) is 24.5 Å². The maximum atomic E-state index is 9.73. The number of nitrogens with zero attached hydrogens (tertiary/aromatic N) is 7. The Bertz CT molecular complexity index is 2440. The van der Waals surface area contributed by atoms with E-state index in [1.165, 1.54) is 17.7 Å². The first-order valence-corrected chi connectivity index (χ1v) is 14.8. The van der Waals surface area contributed by atoms with Gasteiger partial charge in [-0.1, -0.05) is 51.1 Å². The number of ether oxygens (including phenoxy) is 1. The zero-order chi connectivity index (χ0) is 32.7. The van der Waals surface area contributed by atoms with Gasteiger partial charge < -0.3 is 4.74 Å². The third kappa shape index (κ3) is 5.21. The van der Waals surface area contributed by atoms with Crippen molar-refractivity contribution in [3.8, 4) is 46.2 Å². The maximum Gasteiger partial charge on any atom is 0.219 e. The zero-order valence-corrected chi connectivity index (χ0v) is 25.8. The Morgan fingerprint density at radius 3 is 2.47 bits per heavy atom. The molecule has 0 amide bonds. The number of fused-ring (bicyclic) bond motifs is 3. The molecule has 0 unspecified atom stereocenters. The third-order valence-electron chi connectivity index (χ3n) is 8.01. The monoisotopic (exact) mass is 610 g/mol. The van der Waals surface area contributed by atoms with Gasteiger partial charge >= 0.3 is 0 Å². The van der Waals surface area contributed by atoms with Crippen molar-refractivity contribution in [2.45, 2.75) is 26.2 Å². The van der Waals surface area contributed by atoms with E-state index in [0.29, 0.717) is 34.3 Å². The van der Waals surface area contributed by atoms with Crippen molar-refractivity contribution in [1.29, 1.82) is 5.26 Å². The van der Waals surface area contributed by atoms with Crippen LogP contribution < -0.4 is 4.74 Å². The summed E-state index contributed by atoms with van der Waals surface area (Å²) < 4.78 is 8.48. The largest absolute Gasteiger partial charge is 0.439 e. The molecule has 0 aliphatic carbocycles. The number of nitrogens with one attached hydrogen (secondary N) is 1. The van der Waals surface area contributed by atoms with Crippen LogP contribution >= 0.6 is 0 Å². The minimum Gasteiger partial charge on any atom is -0.439 e. The van der Waals surface area contributed by atoms with E-state index >= 15 is 0 Å². The molecule has 0 spiro atoms. The molecule has 0 saturated heterocycles. The van der Waals surface area contributed by atoms with E-state index in [-0.39, 0.29) is 22.4 Å². The fourth-order valence-electron chi connectivity index (χ4n) is 5.71. The Labute approximate surface area is 271 Å². The third-order valence-corrected chi connectivity index (χ3v) is 8.01. The molecule has 0 saturated carbocycles. The molecule has 7 aromatic rings. The lowest BCUT2D eigenvalue weighted by atomic mass is 9.88. The number of aromatic nitrogens is 5. The molecule has 9 heteroatoms. The second kappa shape index (κ2) is 11.3. The van der Waals surface area contributed by atoms with Crippen molar-refractivity contribution in [2.75, 3.05) is 0 Å². The summed E-state index contributed by atoms with van der Waals surface area (Å²) >= 11 is 0. The Morgan fingerprint density at radius 2 is 1.68 bits per heavy atom. The van der Waals surface area contributed by atoms with Gasteiger partial charge in [0.15, 0.2) is 11.4 Å². The molecular weight excluding hydrogens is 584 g/mol. The summed E-state index contributed by atoms with van der Waals surface area (Å²) in [5.41, 5.74) is 5.74. The smallest absolute Gasteiger partial charge is 0.219 e. The molecule has 3 aromatic carbocycles. The van der Waals surface area contributed by atoms with Crippen molar-refractivity contribution in [1.82, 2.24) is 24.7 Å². The number of hydrogen-bond acceptors (Lipinski definition) is 5. The van der Waals surface area contributed by atoms with Crippen LogP contribution in [0.4, 0.5) is 11.4 Å². The predicted molar refractivity (Wildman–Crippen MR) is 182 cm³/mol. The number of H-pyrrole nitrogens is 1. The summed E-state index contributed by atoms with van der Waals surface area (Å²) in [6, 6.07) is 30.7. The Balaban J connectivity index is 1.26. The lowest BCUT2D eigenvalue weighted by Gasteiger charge is -2.20. The molecule has 47 heavy (non-hydrogen) atoms. The minimum atomic E-state index is -0.0306. The van der Waals surface area contributed by atoms with E-state index in [1.54, 1.807) is 12.1 Å². The summed E-state index contributed by atoms with van der Waals surface area (Å²) in [5, 5.41) is 19.3. The quantitative estimate of drug-likeness (QED) is 0.196. The van der Waals surface area contributed by atoms with Gasteiger partial charge in [0.1, 0.15) is 11.6 Å². The van der Waals surface area contributed by atoms with Crippen molar-refractivity contribution >= 4 is 33.2 Å². The van der Waals surface area contributed by atoms with Crippen LogP contribution in [-0.4, -0.2) is 24.7 Å². The van der Waals surface area contributed by atoms with Crippen molar-refractivity contribution in [2.24, 2.45) is 0 Å². The lowest BCUT2D eigenvalue weighted by molar-refractivity contribution is 0.464. The molecule has 7 rings (SSSR count). The predicted octanol–water partition coefficient (Wildman–Crippen LogP) is 9.69. The highest BCUT2D eigenvalue weighted by Gasteiger charge is 2.19. The fourth-order valence-corrected chi connectivity index (χ4v) is 5.71. The average Bonchev–Trinajstić information content (AvgIpc) is 3.70. The maximum absolute atomic E-state index is 9.73. The minimum absolute atomic E-state index is 0.0306. The first-order chi connectivity index (χ1) is 22.8. The summed E-state index contributed by atoms with van der Waals surface area (Å²) in [4.78, 5) is 16.4. The first kappa shape index (κ1) is 29.0. The first-order valence-electron chi connectivity index (χ1n) is 14.8. The topological polar surface area (TPSA) is 101 Å². The highest BCUT2D eigenvalue weighted by molar-refractivity contribution is 6.09. The standard InChI is InChI=1S/C38H26N8O/c1-38(2,3)24-15-16-42-35(18-24)46-33-11-7-6-9-27(33)28-14-13-26(20-34(28)46)47-36-12-8-10-29(43-36)30-21-32(45-44-30)37-23(22-39)17-25(40-4)19-31(37)41-5/h6-21H,1-3H3,(H,44,45). The Kier molecular flexibility index (Phi) is 6.97. The Morgan fingerprint density at radius 1 is 0.851 bits per heavy atom. The molecule has 0 radical (unpaired) electrons. The van der Waals surface area contributed by atoms with Gasteiger partial charge in [0, 0.05) is 40.2 Å². The second-order valence-electron chi connectivity index (χ2n) is 12.0. The molecule has 0 atom stereocenters. The molecule has 4 aromatic heterocycles. The van der Waals surface area contributed by atoms with Crippen LogP contribution in [0.15, 0.2) is 97.2 Å². The number of nitriles is 1. The molecular formula is C38H26N8O. The van der Waals surface area contributed by atoms with Gasteiger partial charge in [0.25, 0.3) is 0 Å². The van der Waals surface area contributed by atoms with E-state index in [2.05, 4.69) is 81.6 Å². The number of rotatable bonds is 5. The van der Waals surface area contributed by atoms with Gasteiger partial charge in [-0.15, -0.1) is 0 Å². The van der Waals surface area contributed by atoms with Crippen molar-refractivity contribution < 1.29 is 4.74 Å². The summed E-state index contributed by atoms with van der Waals surface area (Å²) in [7, 11) is 0. The van der Waals surface area contributed by atoms with E-state index in [4.69, 9.17) is 27.8 Å². The average molecular weight is 611 g/mol. The van der Waals surface area contributed by atoms with E-state index in [1.807, 2.05) is 42.6 Å². The van der Waals surface area contributed by atoms with Crippen molar-refractivity contribution in [3.05, 3.63) is 131 Å². The van der Waals surface area contributed by atoms with Gasteiger partial charge in [0.2, 0.25) is 5.88 Å². The molecule has 1 N–H and O–H groups in total. The molecule has 224 valence electrons. The van der Waals surface area contributed by atoms with Gasteiger partial charge in [-0.05, 0) is 59.5 Å². The van der Waals surface area contributed by atoms with Crippen LogP contribution in [0.5, 0.6) is 11.6 Å². The van der Waals surface area contributed by atoms with Gasteiger partial charge in [0.05, 0.1) is 47.3 Å². The van der Waals surface area contributed by atoms with Gasteiger partial charge in [-0.2, -0.15) is 10.4 Å². The molecule has 0 fully saturated rings. The van der Waals surface area contributed by atoms with Crippen LogP contribution in [0.25, 0.3) is 60.0 Å². The van der Waals surface area contributed by atoms with Crippen LogP contribution in [-0.2, 0) is 5.41 Å². The lowest BCUT2D eigenvalue weighted by Crippen LogP contribution is -2.12. The van der Waals surface area contributed by atoms with E-state index in [0.717, 1.165) is 27.6 Å². The molecule has 0 bridgehead atoms. The number of para-hydroxylation sites is 1. The molecule has 9 nitrogen and oxygen atoms in total. The number of pyridine rings is 2. The summed E-state index contributed by atoms with van der Waals surface area (Å²) in [6.45, 7) is 21.5. The van der Waals surface area contributed by atoms with Gasteiger partial charge in [-0.3, -0.25) is 9.67 Å². The van der Waals surface area contributed by atoms with E-state index < -0.39 is 0 Å². The summed E-state index contributed by atoms with van der Waals surface area (Å²) in [5.74, 6) is 1.83. The molecule has 4 heterocycles. The fraction of sp³-hybridized carbons (Fsp3) is 0.105. The number of benzene rings is 3. The molecule has 0 aliphatic heterocycles. The van der Waals surface area contributed by atoms with Crippen LogP contribution in [0.2, 0.25) is 0 Å². The normalized spacial score (nSPS) is 11.2. The van der Waals surface area contributed by atoms with E-state index in [9.17, 15) is 5.26 Å². The highest BCUT2D eigenvalue weighted by Crippen LogP contribution is 2.39. The zero-order valence-electron chi connectivity index (χ0n) is 25.8. The second-order valence-corrected chi connectivity index (χ2v) is 12.0. The van der Waals surface area contributed by atoms with Crippen molar-refractivity contribution in [3.63, 3.8) is 0 Å². The molecule has 0 aliphatic rings. The van der Waals surface area contributed by atoms with Crippen LogP contribution in [0.3, 0.4) is 0 Å².